The first kappa shape index (κ1) is 19.4. The molecule has 0 aliphatic heterocycles. The Morgan fingerprint density at radius 1 is 1.08 bits per heavy atom. The molecular weight excluding hydrogens is 348 g/mol. The van der Waals surface area contributed by atoms with Crippen LogP contribution in [0.4, 0.5) is 5.69 Å². The van der Waals surface area contributed by atoms with Crippen molar-refractivity contribution in [2.24, 2.45) is 5.92 Å². The smallest absolute Gasteiger partial charge is 0.216 e. The van der Waals surface area contributed by atoms with Crippen molar-refractivity contribution < 1.29 is 13.2 Å². The normalized spacial score (nSPS) is 23.7. The van der Waals surface area contributed by atoms with Crippen LogP contribution in [0.2, 0.25) is 0 Å². The molecule has 0 aromatic heterocycles. The summed E-state index contributed by atoms with van der Waals surface area (Å²) >= 11 is 0. The first-order chi connectivity index (χ1) is 12.2. The molecule has 2 N–H and O–H groups in total. The summed E-state index contributed by atoms with van der Waals surface area (Å²) in [6.45, 7) is 6.09. The molecule has 1 aromatic carbocycles. The molecule has 2 aliphatic carbocycles. The zero-order valence-electron chi connectivity index (χ0n) is 16.0. The number of aryl methyl sites for hydroxylation is 1. The first-order valence-electron chi connectivity index (χ1n) is 9.57. The van der Waals surface area contributed by atoms with E-state index in [0.29, 0.717) is 12.3 Å². The summed E-state index contributed by atoms with van der Waals surface area (Å²) in [5.74, 6) is 0.808. The van der Waals surface area contributed by atoms with Gasteiger partial charge in [-0.2, -0.15) is 0 Å². The van der Waals surface area contributed by atoms with E-state index in [1.165, 1.54) is 0 Å². The van der Waals surface area contributed by atoms with Crippen LogP contribution in [0.3, 0.4) is 0 Å². The lowest BCUT2D eigenvalue weighted by molar-refractivity contribution is 0.0994. The van der Waals surface area contributed by atoms with Gasteiger partial charge in [0.05, 0.1) is 4.75 Å². The van der Waals surface area contributed by atoms with E-state index in [1.807, 2.05) is 12.1 Å². The topological polar surface area (TPSA) is 75.3 Å². The number of carbonyl (C=O) groups excluding carboxylic acids is 1. The molecule has 1 aromatic rings. The van der Waals surface area contributed by atoms with Crippen molar-refractivity contribution in [2.45, 2.75) is 70.1 Å². The SMILES string of the molecule is CC(C)(C)S(=O)(=O)NC1CCC(CNc2ccc3c(c2)CCC3=O)CC1. The fourth-order valence-corrected chi connectivity index (χ4v) is 4.74. The van der Waals surface area contributed by atoms with E-state index in [-0.39, 0.29) is 11.8 Å². The van der Waals surface area contributed by atoms with Crippen LogP contribution in [0.15, 0.2) is 18.2 Å². The number of hydrogen-bond acceptors (Lipinski definition) is 4. The number of rotatable bonds is 5. The number of Topliss-reactive ketones (excluding diaryl/α,β-unsaturated/α-hetero) is 1. The molecule has 2 aliphatic rings. The Bertz CT molecular complexity index is 773. The van der Waals surface area contributed by atoms with Crippen molar-refractivity contribution in [1.82, 2.24) is 4.72 Å². The Balaban J connectivity index is 1.47. The maximum Gasteiger partial charge on any atom is 0.216 e. The number of benzene rings is 1. The average Bonchev–Trinajstić information content (AvgIpc) is 2.93. The van der Waals surface area contributed by atoms with E-state index < -0.39 is 14.8 Å². The molecule has 0 heterocycles. The maximum absolute atomic E-state index is 12.3. The molecule has 6 heteroatoms. The van der Waals surface area contributed by atoms with Crippen LogP contribution >= 0.6 is 0 Å². The van der Waals surface area contributed by atoms with E-state index in [9.17, 15) is 13.2 Å². The highest BCUT2D eigenvalue weighted by Gasteiger charge is 2.32. The minimum atomic E-state index is -3.27. The highest BCUT2D eigenvalue weighted by molar-refractivity contribution is 7.90. The summed E-state index contributed by atoms with van der Waals surface area (Å²) in [4.78, 5) is 11.7. The fraction of sp³-hybridized carbons (Fsp3) is 0.650. The number of ketones is 1. The molecule has 1 fully saturated rings. The molecule has 144 valence electrons. The van der Waals surface area contributed by atoms with Gasteiger partial charge in [-0.25, -0.2) is 13.1 Å². The Morgan fingerprint density at radius 3 is 2.42 bits per heavy atom. The number of hydrogen-bond donors (Lipinski definition) is 2. The first-order valence-corrected chi connectivity index (χ1v) is 11.1. The Labute approximate surface area is 157 Å². The standard InChI is InChI=1S/C20H30N2O3S/c1-20(2,3)26(24,25)22-16-7-4-14(5-8-16)13-21-17-9-10-18-15(12-17)6-11-19(18)23/h9-10,12,14,16,21-22H,4-8,11,13H2,1-3H3. The second-order valence-electron chi connectivity index (χ2n) is 8.63. The van der Waals surface area contributed by atoms with Crippen LogP contribution < -0.4 is 10.0 Å². The third-order valence-electron chi connectivity index (χ3n) is 5.60. The average molecular weight is 379 g/mol. The summed E-state index contributed by atoms with van der Waals surface area (Å²) in [5, 5.41) is 3.50. The second kappa shape index (κ2) is 7.31. The van der Waals surface area contributed by atoms with Crippen molar-refractivity contribution in [3.63, 3.8) is 0 Å². The quantitative estimate of drug-likeness (QED) is 0.822. The van der Waals surface area contributed by atoms with Crippen LogP contribution in [0.5, 0.6) is 0 Å². The molecule has 3 rings (SSSR count). The monoisotopic (exact) mass is 378 g/mol. The number of sulfonamides is 1. The lowest BCUT2D eigenvalue weighted by Crippen LogP contribution is -2.46. The number of nitrogens with one attached hydrogen (secondary N) is 2. The molecule has 0 bridgehead atoms. The van der Waals surface area contributed by atoms with Crippen LogP contribution in [-0.2, 0) is 16.4 Å². The summed E-state index contributed by atoms with van der Waals surface area (Å²) in [7, 11) is -3.27. The molecule has 0 saturated heterocycles. The number of fused-ring (bicyclic) bond motifs is 1. The minimum Gasteiger partial charge on any atom is -0.385 e. The molecule has 0 unspecified atom stereocenters. The zero-order valence-corrected chi connectivity index (χ0v) is 16.8. The third kappa shape index (κ3) is 4.29. The highest BCUT2D eigenvalue weighted by atomic mass is 32.2. The summed E-state index contributed by atoms with van der Waals surface area (Å²) in [5.41, 5.74) is 3.11. The molecule has 0 amide bonds. The molecule has 26 heavy (non-hydrogen) atoms. The van der Waals surface area contributed by atoms with Gasteiger partial charge in [0.25, 0.3) is 0 Å². The summed E-state index contributed by atoms with van der Waals surface area (Å²) in [6, 6.07) is 6.08. The second-order valence-corrected chi connectivity index (χ2v) is 11.1. The van der Waals surface area contributed by atoms with E-state index >= 15 is 0 Å². The molecule has 1 saturated carbocycles. The largest absolute Gasteiger partial charge is 0.385 e. The molecule has 0 radical (unpaired) electrons. The van der Waals surface area contributed by atoms with Crippen molar-refractivity contribution >= 4 is 21.5 Å². The van der Waals surface area contributed by atoms with Crippen molar-refractivity contribution in [3.8, 4) is 0 Å². The van der Waals surface area contributed by atoms with E-state index in [1.54, 1.807) is 20.8 Å². The summed E-state index contributed by atoms with van der Waals surface area (Å²) in [6.07, 6.45) is 5.30. The van der Waals surface area contributed by atoms with Crippen LogP contribution in [0, 0.1) is 5.92 Å². The lowest BCUT2D eigenvalue weighted by Gasteiger charge is -2.31. The molecule has 0 spiro atoms. The van der Waals surface area contributed by atoms with E-state index in [2.05, 4.69) is 16.1 Å². The molecular formula is C20H30N2O3S. The predicted molar refractivity (Wildman–Crippen MR) is 105 cm³/mol. The number of anilines is 1. The fourth-order valence-electron chi connectivity index (χ4n) is 3.71. The molecule has 5 nitrogen and oxygen atoms in total. The van der Waals surface area contributed by atoms with Crippen molar-refractivity contribution in [3.05, 3.63) is 29.3 Å². The van der Waals surface area contributed by atoms with Crippen LogP contribution in [0.1, 0.15) is 68.8 Å². The van der Waals surface area contributed by atoms with Gasteiger partial charge in [0.1, 0.15) is 0 Å². The lowest BCUT2D eigenvalue weighted by atomic mass is 9.86. The van der Waals surface area contributed by atoms with Crippen LogP contribution in [0.25, 0.3) is 0 Å². The van der Waals surface area contributed by atoms with Gasteiger partial charge in [-0.3, -0.25) is 4.79 Å². The van der Waals surface area contributed by atoms with Gasteiger partial charge in [0, 0.05) is 30.3 Å². The Kier molecular flexibility index (Phi) is 5.45. The van der Waals surface area contributed by atoms with Crippen molar-refractivity contribution in [2.75, 3.05) is 11.9 Å². The van der Waals surface area contributed by atoms with Gasteiger partial charge >= 0.3 is 0 Å². The maximum atomic E-state index is 12.3. The van der Waals surface area contributed by atoms with Gasteiger partial charge in [-0.05, 0) is 82.6 Å². The Morgan fingerprint density at radius 2 is 1.77 bits per heavy atom. The van der Waals surface area contributed by atoms with Crippen LogP contribution in [-0.4, -0.2) is 31.5 Å². The van der Waals surface area contributed by atoms with Gasteiger partial charge in [-0.15, -0.1) is 0 Å². The van der Waals surface area contributed by atoms with Gasteiger partial charge in [0.2, 0.25) is 10.0 Å². The van der Waals surface area contributed by atoms with Gasteiger partial charge in [-0.1, -0.05) is 0 Å². The summed E-state index contributed by atoms with van der Waals surface area (Å²) < 4.78 is 26.7. The predicted octanol–water partition coefficient (Wildman–Crippen LogP) is 3.50. The zero-order chi connectivity index (χ0) is 18.9. The van der Waals surface area contributed by atoms with E-state index in [4.69, 9.17) is 0 Å². The Hall–Kier alpha value is -1.40. The third-order valence-corrected chi connectivity index (χ3v) is 7.85. The van der Waals surface area contributed by atoms with Gasteiger partial charge < -0.3 is 5.32 Å². The highest BCUT2D eigenvalue weighted by Crippen LogP contribution is 2.28. The van der Waals surface area contributed by atoms with Gasteiger partial charge in [0.15, 0.2) is 5.78 Å². The van der Waals surface area contributed by atoms with Crippen molar-refractivity contribution in [1.29, 1.82) is 0 Å². The molecule has 0 atom stereocenters. The number of carbonyl (C=O) groups is 1. The minimum absolute atomic E-state index is 0.0569. The van der Waals surface area contributed by atoms with E-state index in [0.717, 1.165) is 55.5 Å².